The highest BCUT2D eigenvalue weighted by molar-refractivity contribution is 7.99. The minimum atomic E-state index is -1.29. The Hall–Kier alpha value is -1.80. The van der Waals surface area contributed by atoms with Crippen molar-refractivity contribution in [2.75, 3.05) is 0 Å². The average Bonchev–Trinajstić information content (AvgIpc) is 3.15. The summed E-state index contributed by atoms with van der Waals surface area (Å²) in [5.74, 6) is 0.346. The van der Waals surface area contributed by atoms with Crippen LogP contribution in [0.15, 0.2) is 63.2 Å². The van der Waals surface area contributed by atoms with Gasteiger partial charge in [0.2, 0.25) is 0 Å². The molecule has 2 aliphatic rings. The predicted molar refractivity (Wildman–Crippen MR) is 149 cm³/mol. The molecule has 188 valence electrons. The molecule has 0 aliphatic heterocycles. The smallest absolute Gasteiger partial charge is 0.148 e. The molecule has 1 fully saturated rings. The normalized spacial score (nSPS) is 23.7. The minimum Gasteiger partial charge on any atom is -0.257 e. The van der Waals surface area contributed by atoms with Crippen LogP contribution in [0, 0.1) is 5.41 Å². The van der Waals surface area contributed by atoms with Crippen LogP contribution in [0.1, 0.15) is 69.2 Å². The monoisotopic (exact) mass is 558 g/mol. The van der Waals surface area contributed by atoms with Crippen molar-refractivity contribution in [3.05, 3.63) is 75.9 Å². The van der Waals surface area contributed by atoms with Gasteiger partial charge in [-0.15, -0.1) is 0 Å². The second-order valence-electron chi connectivity index (χ2n) is 10.5. The number of aromatic nitrogens is 3. The van der Waals surface area contributed by atoms with Crippen LogP contribution in [0.25, 0.3) is 0 Å². The van der Waals surface area contributed by atoms with E-state index in [4.69, 9.17) is 32.6 Å². The highest BCUT2D eigenvalue weighted by Crippen LogP contribution is 2.51. The van der Waals surface area contributed by atoms with Gasteiger partial charge in [0, 0.05) is 28.0 Å². The third kappa shape index (κ3) is 5.13. The Balaban J connectivity index is 1.33. The Morgan fingerprint density at radius 3 is 2.50 bits per heavy atom. The molecular weight excluding hydrogens is 531 g/mol. The van der Waals surface area contributed by atoms with E-state index in [0.29, 0.717) is 10.9 Å². The average molecular weight is 560 g/mol. The van der Waals surface area contributed by atoms with Crippen molar-refractivity contribution in [2.45, 2.75) is 73.5 Å². The largest absolute Gasteiger partial charge is 0.257 e. The zero-order valence-electron chi connectivity index (χ0n) is 20.5. The molecule has 5 rings (SSSR count). The lowest BCUT2D eigenvalue weighted by Crippen LogP contribution is -2.34. The lowest BCUT2D eigenvalue weighted by atomic mass is 9.67. The second-order valence-corrected chi connectivity index (χ2v) is 14.2. The standard InChI is InChI=1S/C27H28Cl2N4OS2/c1-26(2,3)36(34)33-24-19-7-5-4-6-18(19)14-27(24)11-8-17(9-12-27)20-15-32-22(16-31-20)35-21-10-13-30-25(29)23(21)28/h4-7,10,13,15-17H,8-9,11-12,14H2,1-3H3. The van der Waals surface area contributed by atoms with Crippen LogP contribution in [0.3, 0.4) is 0 Å². The summed E-state index contributed by atoms with van der Waals surface area (Å²) in [5, 5.41) is 1.47. The molecule has 1 atom stereocenters. The van der Waals surface area contributed by atoms with Crippen molar-refractivity contribution < 1.29 is 4.21 Å². The van der Waals surface area contributed by atoms with Crippen LogP contribution < -0.4 is 0 Å². The van der Waals surface area contributed by atoms with Gasteiger partial charge in [-0.1, -0.05) is 59.2 Å². The van der Waals surface area contributed by atoms with E-state index in [1.165, 1.54) is 22.9 Å². The number of fused-ring (bicyclic) bond motifs is 1. The Kier molecular flexibility index (Phi) is 7.29. The molecule has 2 aliphatic carbocycles. The number of halogens is 2. The van der Waals surface area contributed by atoms with Gasteiger partial charge in [-0.05, 0) is 64.5 Å². The molecule has 3 aromatic rings. The highest BCUT2D eigenvalue weighted by Gasteiger charge is 2.46. The number of hydrogen-bond donors (Lipinski definition) is 0. The van der Waals surface area contributed by atoms with Crippen LogP contribution in [0.2, 0.25) is 10.2 Å². The Morgan fingerprint density at radius 2 is 1.81 bits per heavy atom. The number of hydrogen-bond acceptors (Lipinski definition) is 5. The highest BCUT2D eigenvalue weighted by atomic mass is 35.5. The van der Waals surface area contributed by atoms with E-state index in [9.17, 15) is 4.21 Å². The topological polar surface area (TPSA) is 68.1 Å². The van der Waals surface area contributed by atoms with E-state index in [0.717, 1.165) is 53.4 Å². The molecule has 2 aromatic heterocycles. The van der Waals surface area contributed by atoms with Crippen LogP contribution in [0.5, 0.6) is 0 Å². The van der Waals surface area contributed by atoms with Gasteiger partial charge in [0.1, 0.15) is 21.2 Å². The molecule has 0 amide bonds. The zero-order valence-corrected chi connectivity index (χ0v) is 23.6. The first-order chi connectivity index (χ1) is 17.2. The van der Waals surface area contributed by atoms with Crippen LogP contribution >= 0.6 is 35.0 Å². The molecule has 36 heavy (non-hydrogen) atoms. The SMILES string of the molecule is CC(C)(C)S(=O)N=C1c2ccccc2CC12CCC(c1cnc(Sc3ccnc(Cl)c3Cl)cn1)CC2. The first kappa shape index (κ1) is 25.8. The van der Waals surface area contributed by atoms with Crippen molar-refractivity contribution in [3.8, 4) is 0 Å². The summed E-state index contributed by atoms with van der Waals surface area (Å²) in [6.07, 6.45) is 10.3. The van der Waals surface area contributed by atoms with Gasteiger partial charge >= 0.3 is 0 Å². The molecule has 2 heterocycles. The molecule has 0 saturated heterocycles. The summed E-state index contributed by atoms with van der Waals surface area (Å²) in [7, 11) is -1.29. The molecule has 1 unspecified atom stereocenters. The van der Waals surface area contributed by atoms with Gasteiger partial charge in [0.15, 0.2) is 0 Å². The van der Waals surface area contributed by atoms with Crippen molar-refractivity contribution in [2.24, 2.45) is 9.81 Å². The fraction of sp³-hybridized carbons (Fsp3) is 0.407. The third-order valence-corrected chi connectivity index (χ3v) is 10.3. The summed E-state index contributed by atoms with van der Waals surface area (Å²) in [6, 6.07) is 10.3. The Morgan fingerprint density at radius 1 is 1.06 bits per heavy atom. The minimum absolute atomic E-state index is 0.0539. The maximum atomic E-state index is 13.0. The summed E-state index contributed by atoms with van der Waals surface area (Å²) in [5.41, 5.74) is 4.49. The molecule has 1 aromatic carbocycles. The van der Waals surface area contributed by atoms with Gasteiger partial charge in [0.05, 0.1) is 33.6 Å². The molecule has 5 nitrogen and oxygen atoms in total. The summed E-state index contributed by atoms with van der Waals surface area (Å²) >= 11 is 13.7. The van der Waals surface area contributed by atoms with Gasteiger partial charge in [-0.25, -0.2) is 14.2 Å². The lowest BCUT2D eigenvalue weighted by molar-refractivity contribution is 0.264. The fourth-order valence-corrected chi connectivity index (χ4v) is 6.99. The molecule has 0 radical (unpaired) electrons. The molecule has 1 saturated carbocycles. The van der Waals surface area contributed by atoms with E-state index >= 15 is 0 Å². The van der Waals surface area contributed by atoms with Gasteiger partial charge < -0.3 is 0 Å². The van der Waals surface area contributed by atoms with E-state index in [-0.39, 0.29) is 15.3 Å². The quantitative estimate of drug-likeness (QED) is 0.310. The number of pyridine rings is 1. The van der Waals surface area contributed by atoms with Gasteiger partial charge in [0.25, 0.3) is 0 Å². The van der Waals surface area contributed by atoms with Crippen LogP contribution in [0.4, 0.5) is 0 Å². The van der Waals surface area contributed by atoms with Crippen LogP contribution in [-0.4, -0.2) is 29.6 Å². The zero-order chi connectivity index (χ0) is 25.5. The fourth-order valence-electron chi connectivity index (χ4n) is 5.07. The molecule has 1 spiro atoms. The van der Waals surface area contributed by atoms with E-state index in [2.05, 4.69) is 34.2 Å². The van der Waals surface area contributed by atoms with Crippen LogP contribution in [-0.2, 0) is 17.4 Å². The number of nitrogens with zero attached hydrogens (tertiary/aromatic N) is 4. The van der Waals surface area contributed by atoms with Crippen molar-refractivity contribution in [1.82, 2.24) is 15.0 Å². The predicted octanol–water partition coefficient (Wildman–Crippen LogP) is 7.48. The maximum absolute atomic E-state index is 13.0. The second kappa shape index (κ2) is 10.2. The Bertz CT molecular complexity index is 1330. The van der Waals surface area contributed by atoms with Crippen molar-refractivity contribution in [3.63, 3.8) is 0 Å². The van der Waals surface area contributed by atoms with E-state index in [1.807, 2.05) is 33.0 Å². The Labute approximate surface area is 229 Å². The van der Waals surface area contributed by atoms with E-state index < -0.39 is 11.0 Å². The molecule has 9 heteroatoms. The van der Waals surface area contributed by atoms with E-state index in [1.54, 1.807) is 12.4 Å². The third-order valence-electron chi connectivity index (χ3n) is 7.04. The molecule has 0 bridgehead atoms. The number of rotatable bonds is 4. The van der Waals surface area contributed by atoms with Crippen molar-refractivity contribution >= 4 is 51.7 Å². The summed E-state index contributed by atoms with van der Waals surface area (Å²) in [6.45, 7) is 5.94. The molecule has 0 N–H and O–H groups in total. The van der Waals surface area contributed by atoms with Crippen molar-refractivity contribution in [1.29, 1.82) is 0 Å². The lowest BCUT2D eigenvalue weighted by Gasteiger charge is -2.37. The maximum Gasteiger partial charge on any atom is 0.148 e. The first-order valence-corrected chi connectivity index (χ1v) is 14.7. The number of benzene rings is 1. The molecular formula is C27H28Cl2N4OS2. The van der Waals surface area contributed by atoms with Gasteiger partial charge in [-0.2, -0.15) is 4.40 Å². The first-order valence-electron chi connectivity index (χ1n) is 12.1. The summed E-state index contributed by atoms with van der Waals surface area (Å²) in [4.78, 5) is 14.2. The van der Waals surface area contributed by atoms with Gasteiger partial charge in [-0.3, -0.25) is 4.98 Å². The summed E-state index contributed by atoms with van der Waals surface area (Å²) < 4.78 is 17.5.